The Bertz CT molecular complexity index is 1400. The minimum atomic E-state index is 0.705. The smallest absolute Gasteiger partial charge is 0.161 e. The first-order chi connectivity index (χ1) is 14.9. The molecular weight excluding hydrogens is 374 g/mol. The molecule has 0 unspecified atom stereocenters. The van der Waals surface area contributed by atoms with Gasteiger partial charge in [0.2, 0.25) is 0 Å². The van der Waals surface area contributed by atoms with Crippen LogP contribution in [0.2, 0.25) is 0 Å². The van der Waals surface area contributed by atoms with Crippen molar-refractivity contribution in [1.29, 1.82) is 0 Å². The van der Waals surface area contributed by atoms with Crippen LogP contribution in [0.1, 0.15) is 12.1 Å². The highest BCUT2D eigenvalue weighted by atomic mass is 15.1. The Morgan fingerprint density at radius 2 is 1.90 bits per heavy atom. The van der Waals surface area contributed by atoms with E-state index in [0.717, 1.165) is 64.1 Å². The highest BCUT2D eigenvalue weighted by Crippen LogP contribution is 2.31. The molecular formula is C23H19N7. The SMILES string of the molecule is C1=C(c2ccc3[nH]nc(-c4nc5c(-c6cccnc6)cccc5[nH]4)c3n2)CCNC1. The first kappa shape index (κ1) is 17.1. The van der Waals surface area contributed by atoms with Crippen molar-refractivity contribution in [3.05, 3.63) is 66.6 Å². The fourth-order valence-corrected chi connectivity index (χ4v) is 4.00. The van der Waals surface area contributed by atoms with Gasteiger partial charge < -0.3 is 10.3 Å². The van der Waals surface area contributed by atoms with Crippen LogP contribution in [-0.2, 0) is 0 Å². The zero-order valence-electron chi connectivity index (χ0n) is 16.2. The molecule has 146 valence electrons. The minimum Gasteiger partial charge on any atom is -0.336 e. The molecule has 0 radical (unpaired) electrons. The summed E-state index contributed by atoms with van der Waals surface area (Å²) in [5.74, 6) is 0.705. The summed E-state index contributed by atoms with van der Waals surface area (Å²) < 4.78 is 0. The molecule has 0 aliphatic carbocycles. The lowest BCUT2D eigenvalue weighted by atomic mass is 10.1. The predicted molar refractivity (Wildman–Crippen MR) is 118 cm³/mol. The predicted octanol–water partition coefficient (Wildman–Crippen LogP) is 3.94. The van der Waals surface area contributed by atoms with Crippen molar-refractivity contribution in [2.24, 2.45) is 0 Å². The average molecular weight is 393 g/mol. The van der Waals surface area contributed by atoms with Crippen molar-refractivity contribution in [3.63, 3.8) is 0 Å². The molecule has 0 bridgehead atoms. The average Bonchev–Trinajstić information content (AvgIpc) is 3.43. The summed E-state index contributed by atoms with van der Waals surface area (Å²) in [6.45, 7) is 1.86. The molecule has 0 fully saturated rings. The third-order valence-corrected chi connectivity index (χ3v) is 5.51. The number of H-pyrrole nitrogens is 2. The second-order valence-electron chi connectivity index (χ2n) is 7.38. The first-order valence-corrected chi connectivity index (χ1v) is 10.0. The number of para-hydroxylation sites is 1. The number of aromatic amines is 2. The van der Waals surface area contributed by atoms with E-state index >= 15 is 0 Å². The summed E-state index contributed by atoms with van der Waals surface area (Å²) in [4.78, 5) is 17.5. The van der Waals surface area contributed by atoms with Crippen molar-refractivity contribution in [2.45, 2.75) is 6.42 Å². The van der Waals surface area contributed by atoms with Gasteiger partial charge in [-0.2, -0.15) is 5.10 Å². The molecule has 0 atom stereocenters. The van der Waals surface area contributed by atoms with Gasteiger partial charge in [0.1, 0.15) is 5.52 Å². The van der Waals surface area contributed by atoms with Gasteiger partial charge in [0, 0.05) is 30.1 Å². The van der Waals surface area contributed by atoms with Crippen LogP contribution in [0, 0.1) is 0 Å². The van der Waals surface area contributed by atoms with Crippen LogP contribution in [0.3, 0.4) is 0 Å². The summed E-state index contributed by atoms with van der Waals surface area (Å²) >= 11 is 0. The van der Waals surface area contributed by atoms with Crippen LogP contribution in [0.25, 0.3) is 50.3 Å². The van der Waals surface area contributed by atoms with E-state index in [1.807, 2.05) is 36.5 Å². The maximum atomic E-state index is 4.93. The largest absolute Gasteiger partial charge is 0.336 e. The molecule has 5 heterocycles. The van der Waals surface area contributed by atoms with Gasteiger partial charge in [-0.05, 0) is 42.8 Å². The Morgan fingerprint density at radius 1 is 0.900 bits per heavy atom. The van der Waals surface area contributed by atoms with E-state index in [1.165, 1.54) is 5.57 Å². The van der Waals surface area contributed by atoms with E-state index in [9.17, 15) is 0 Å². The maximum absolute atomic E-state index is 4.93. The summed E-state index contributed by atoms with van der Waals surface area (Å²) in [6.07, 6.45) is 6.81. The number of rotatable bonds is 3. The van der Waals surface area contributed by atoms with E-state index in [1.54, 1.807) is 6.20 Å². The number of hydrogen-bond donors (Lipinski definition) is 3. The summed E-state index contributed by atoms with van der Waals surface area (Å²) in [5, 5.41) is 11.0. The highest BCUT2D eigenvalue weighted by Gasteiger charge is 2.17. The van der Waals surface area contributed by atoms with Crippen molar-refractivity contribution >= 4 is 27.6 Å². The summed E-state index contributed by atoms with van der Waals surface area (Å²) in [7, 11) is 0. The Kier molecular flexibility index (Phi) is 3.92. The van der Waals surface area contributed by atoms with E-state index in [0.29, 0.717) is 5.82 Å². The van der Waals surface area contributed by atoms with Crippen LogP contribution < -0.4 is 5.32 Å². The number of imidazole rings is 1. The van der Waals surface area contributed by atoms with Crippen LogP contribution in [0.4, 0.5) is 0 Å². The number of nitrogens with zero attached hydrogens (tertiary/aromatic N) is 4. The quantitative estimate of drug-likeness (QED) is 0.432. The molecule has 3 N–H and O–H groups in total. The molecule has 0 saturated carbocycles. The lowest BCUT2D eigenvalue weighted by molar-refractivity contribution is 0.737. The lowest BCUT2D eigenvalue weighted by Crippen LogP contribution is -2.20. The van der Waals surface area contributed by atoms with Gasteiger partial charge in [-0.15, -0.1) is 0 Å². The first-order valence-electron chi connectivity index (χ1n) is 10.0. The maximum Gasteiger partial charge on any atom is 0.161 e. The molecule has 7 heteroatoms. The van der Waals surface area contributed by atoms with Crippen molar-refractivity contribution < 1.29 is 0 Å². The van der Waals surface area contributed by atoms with Gasteiger partial charge in [-0.3, -0.25) is 10.1 Å². The fraction of sp³-hybridized carbons (Fsp3) is 0.130. The molecule has 30 heavy (non-hydrogen) atoms. The number of fused-ring (bicyclic) bond motifs is 2. The molecule has 4 aromatic heterocycles. The Hall–Kier alpha value is -3.84. The number of nitrogens with one attached hydrogen (secondary N) is 3. The zero-order valence-corrected chi connectivity index (χ0v) is 16.2. The monoisotopic (exact) mass is 393 g/mol. The molecule has 0 amide bonds. The third kappa shape index (κ3) is 2.79. The molecule has 0 spiro atoms. The molecule has 1 aliphatic heterocycles. The van der Waals surface area contributed by atoms with Crippen molar-refractivity contribution in [2.75, 3.05) is 13.1 Å². The molecule has 6 rings (SSSR count). The number of aromatic nitrogens is 6. The highest BCUT2D eigenvalue weighted by molar-refractivity contribution is 5.96. The molecule has 1 aliphatic rings. The summed E-state index contributed by atoms with van der Waals surface area (Å²) in [5.41, 5.74) is 8.65. The molecule has 0 saturated heterocycles. The van der Waals surface area contributed by atoms with Gasteiger partial charge in [0.05, 0.1) is 22.2 Å². The van der Waals surface area contributed by atoms with Gasteiger partial charge >= 0.3 is 0 Å². The van der Waals surface area contributed by atoms with Crippen LogP contribution in [0.5, 0.6) is 0 Å². The van der Waals surface area contributed by atoms with Gasteiger partial charge in [0.15, 0.2) is 11.5 Å². The van der Waals surface area contributed by atoms with E-state index in [2.05, 4.69) is 43.7 Å². The van der Waals surface area contributed by atoms with E-state index < -0.39 is 0 Å². The number of benzene rings is 1. The van der Waals surface area contributed by atoms with Gasteiger partial charge in [-0.25, -0.2) is 9.97 Å². The second-order valence-corrected chi connectivity index (χ2v) is 7.38. The van der Waals surface area contributed by atoms with Crippen LogP contribution in [-0.4, -0.2) is 43.2 Å². The number of pyridine rings is 2. The molecule has 5 aromatic rings. The Morgan fingerprint density at radius 3 is 2.77 bits per heavy atom. The van der Waals surface area contributed by atoms with Crippen molar-refractivity contribution in [3.8, 4) is 22.6 Å². The van der Waals surface area contributed by atoms with Gasteiger partial charge in [0.25, 0.3) is 0 Å². The van der Waals surface area contributed by atoms with Crippen molar-refractivity contribution in [1.82, 2.24) is 35.5 Å². The third-order valence-electron chi connectivity index (χ3n) is 5.51. The fourth-order valence-electron chi connectivity index (χ4n) is 4.00. The minimum absolute atomic E-state index is 0.705. The van der Waals surface area contributed by atoms with E-state index in [-0.39, 0.29) is 0 Å². The Balaban J connectivity index is 1.50. The van der Waals surface area contributed by atoms with E-state index in [4.69, 9.17) is 9.97 Å². The number of hydrogen-bond acceptors (Lipinski definition) is 5. The van der Waals surface area contributed by atoms with Crippen LogP contribution in [0.15, 0.2) is 60.9 Å². The summed E-state index contributed by atoms with van der Waals surface area (Å²) in [6, 6.07) is 14.2. The second kappa shape index (κ2) is 6.89. The topological polar surface area (TPSA) is 95.2 Å². The zero-order chi connectivity index (χ0) is 19.9. The standard InChI is InChI=1S/C23H19N7/c1-4-16(15-3-2-10-25-13-15)20-18(5-1)27-23(28-20)22-21-19(29-30-22)7-6-17(26-21)14-8-11-24-12-9-14/h1-8,10,13,24H,9,11-12H2,(H,27,28)(H,29,30). The normalized spacial score (nSPS) is 14.3. The van der Waals surface area contributed by atoms with Gasteiger partial charge in [-0.1, -0.05) is 24.3 Å². The molecule has 7 nitrogen and oxygen atoms in total. The molecule has 1 aromatic carbocycles. The Labute approximate surface area is 172 Å². The van der Waals surface area contributed by atoms with Crippen LogP contribution >= 0.6 is 0 Å². The lowest BCUT2D eigenvalue weighted by Gasteiger charge is -2.13.